The second-order valence-electron chi connectivity index (χ2n) is 3.37. The van der Waals surface area contributed by atoms with Crippen LogP contribution in [0, 0.1) is 0 Å². The van der Waals surface area contributed by atoms with Gasteiger partial charge in [0.05, 0.1) is 13.7 Å². The van der Waals surface area contributed by atoms with E-state index in [1.807, 2.05) is 0 Å². The van der Waals surface area contributed by atoms with E-state index >= 15 is 0 Å². The number of ether oxygens (including phenoxy) is 1. The maximum Gasteiger partial charge on any atom is 0.330 e. The lowest BCUT2D eigenvalue weighted by atomic mass is 10.2. The molecular formula is C10H20N2O4. The van der Waals surface area contributed by atoms with Gasteiger partial charge in [-0.2, -0.15) is 0 Å². The summed E-state index contributed by atoms with van der Waals surface area (Å²) >= 11 is 0. The monoisotopic (exact) mass is 232 g/mol. The van der Waals surface area contributed by atoms with Crippen LogP contribution < -0.4 is 10.6 Å². The van der Waals surface area contributed by atoms with Gasteiger partial charge < -0.3 is 20.5 Å². The summed E-state index contributed by atoms with van der Waals surface area (Å²) in [6.07, 6.45) is 3.01. The molecule has 0 unspecified atom stereocenters. The van der Waals surface area contributed by atoms with Gasteiger partial charge in [-0.25, -0.2) is 9.59 Å². The minimum Gasteiger partial charge on any atom is -0.467 e. The van der Waals surface area contributed by atoms with Gasteiger partial charge >= 0.3 is 12.0 Å². The third-order valence-corrected chi connectivity index (χ3v) is 2.04. The molecule has 16 heavy (non-hydrogen) atoms. The summed E-state index contributed by atoms with van der Waals surface area (Å²) in [6.45, 7) is 2.15. The van der Waals surface area contributed by atoms with Crippen LogP contribution >= 0.6 is 0 Å². The highest BCUT2D eigenvalue weighted by Crippen LogP contribution is 1.91. The molecule has 3 N–H and O–H groups in total. The minimum absolute atomic E-state index is 0.472. The Labute approximate surface area is 95.4 Å². The van der Waals surface area contributed by atoms with Crippen LogP contribution in [0.3, 0.4) is 0 Å². The summed E-state index contributed by atoms with van der Waals surface area (Å²) in [4.78, 5) is 22.3. The summed E-state index contributed by atoms with van der Waals surface area (Å²) in [5.41, 5.74) is 0. The van der Waals surface area contributed by atoms with E-state index < -0.39 is 24.6 Å². The van der Waals surface area contributed by atoms with E-state index in [0.717, 1.165) is 19.3 Å². The second kappa shape index (κ2) is 8.96. The van der Waals surface area contributed by atoms with Crippen LogP contribution in [-0.2, 0) is 9.53 Å². The van der Waals surface area contributed by atoms with Crippen molar-refractivity contribution in [3.8, 4) is 0 Å². The number of hydrogen-bond donors (Lipinski definition) is 3. The summed E-state index contributed by atoms with van der Waals surface area (Å²) in [6, 6.07) is -1.48. The zero-order valence-corrected chi connectivity index (χ0v) is 9.78. The SMILES string of the molecule is CCCCCNC(=O)N[C@@H](CO)C(=O)OC. The Morgan fingerprint density at radius 3 is 2.56 bits per heavy atom. The molecule has 0 spiro atoms. The predicted molar refractivity (Wildman–Crippen MR) is 58.9 cm³/mol. The predicted octanol–water partition coefficient (Wildman–Crippen LogP) is 0.00970. The Kier molecular flexibility index (Phi) is 8.24. The van der Waals surface area contributed by atoms with Gasteiger partial charge in [0.25, 0.3) is 0 Å². The molecule has 0 aliphatic rings. The third kappa shape index (κ3) is 6.23. The number of carbonyl (C=O) groups excluding carboxylic acids is 2. The zero-order valence-electron chi connectivity index (χ0n) is 9.78. The van der Waals surface area contributed by atoms with Crippen LogP contribution in [0.25, 0.3) is 0 Å². The number of carbonyl (C=O) groups is 2. The highest BCUT2D eigenvalue weighted by molar-refractivity contribution is 5.83. The molecule has 0 aliphatic carbocycles. The lowest BCUT2D eigenvalue weighted by molar-refractivity contribution is -0.143. The van der Waals surface area contributed by atoms with E-state index in [0.29, 0.717) is 6.54 Å². The average Bonchev–Trinajstić information content (AvgIpc) is 2.30. The third-order valence-electron chi connectivity index (χ3n) is 2.04. The van der Waals surface area contributed by atoms with Gasteiger partial charge in [0.1, 0.15) is 0 Å². The number of unbranched alkanes of at least 4 members (excludes halogenated alkanes) is 2. The smallest absolute Gasteiger partial charge is 0.330 e. The lowest BCUT2D eigenvalue weighted by Gasteiger charge is -2.14. The van der Waals surface area contributed by atoms with E-state index in [1.54, 1.807) is 0 Å². The molecule has 0 aliphatic heterocycles. The van der Waals surface area contributed by atoms with Crippen LogP contribution in [0.1, 0.15) is 26.2 Å². The number of nitrogens with one attached hydrogen (secondary N) is 2. The first kappa shape index (κ1) is 14.7. The average molecular weight is 232 g/mol. The van der Waals surface area contributed by atoms with E-state index in [4.69, 9.17) is 5.11 Å². The van der Waals surface area contributed by atoms with Crippen molar-refractivity contribution in [2.24, 2.45) is 0 Å². The Hall–Kier alpha value is -1.30. The maximum absolute atomic E-state index is 11.3. The fraction of sp³-hybridized carbons (Fsp3) is 0.800. The molecular weight excluding hydrogens is 212 g/mol. The van der Waals surface area contributed by atoms with Gasteiger partial charge in [0.2, 0.25) is 0 Å². The molecule has 6 nitrogen and oxygen atoms in total. The maximum atomic E-state index is 11.3. The number of amides is 2. The van der Waals surface area contributed by atoms with Crippen molar-refractivity contribution in [3.05, 3.63) is 0 Å². The van der Waals surface area contributed by atoms with E-state index in [9.17, 15) is 9.59 Å². The molecule has 0 rings (SSSR count). The van der Waals surface area contributed by atoms with Crippen LogP contribution in [0.4, 0.5) is 4.79 Å². The summed E-state index contributed by atoms with van der Waals surface area (Å²) < 4.78 is 4.41. The van der Waals surface area contributed by atoms with Crippen molar-refractivity contribution < 1.29 is 19.4 Å². The van der Waals surface area contributed by atoms with E-state index in [-0.39, 0.29) is 0 Å². The van der Waals surface area contributed by atoms with Crippen LogP contribution in [-0.4, -0.2) is 43.4 Å². The van der Waals surface area contributed by atoms with Crippen molar-refractivity contribution in [3.63, 3.8) is 0 Å². The molecule has 0 bridgehead atoms. The Bertz CT molecular complexity index is 221. The molecule has 0 saturated carbocycles. The molecule has 2 amide bonds. The van der Waals surface area contributed by atoms with Crippen LogP contribution in [0.5, 0.6) is 0 Å². The topological polar surface area (TPSA) is 87.7 Å². The Balaban J connectivity index is 3.79. The molecule has 0 fully saturated rings. The second-order valence-corrected chi connectivity index (χ2v) is 3.37. The number of urea groups is 1. The number of rotatable bonds is 7. The van der Waals surface area contributed by atoms with Gasteiger partial charge in [-0.05, 0) is 6.42 Å². The fourth-order valence-corrected chi connectivity index (χ4v) is 1.11. The normalized spacial score (nSPS) is 11.7. The van der Waals surface area contributed by atoms with Crippen molar-refractivity contribution >= 4 is 12.0 Å². The van der Waals surface area contributed by atoms with Crippen molar-refractivity contribution in [1.82, 2.24) is 10.6 Å². The van der Waals surface area contributed by atoms with Gasteiger partial charge in [0, 0.05) is 6.54 Å². The van der Waals surface area contributed by atoms with Gasteiger partial charge in [-0.1, -0.05) is 19.8 Å². The molecule has 0 aromatic carbocycles. The van der Waals surface area contributed by atoms with Gasteiger partial charge in [0.15, 0.2) is 6.04 Å². The zero-order chi connectivity index (χ0) is 12.4. The summed E-state index contributed by atoms with van der Waals surface area (Å²) in [5, 5.41) is 13.8. The molecule has 0 aromatic rings. The number of hydrogen-bond acceptors (Lipinski definition) is 4. The van der Waals surface area contributed by atoms with Gasteiger partial charge in [-0.15, -0.1) is 0 Å². The van der Waals surface area contributed by atoms with E-state index in [1.165, 1.54) is 7.11 Å². The van der Waals surface area contributed by atoms with Crippen LogP contribution in [0.2, 0.25) is 0 Å². The van der Waals surface area contributed by atoms with Gasteiger partial charge in [-0.3, -0.25) is 0 Å². The standard InChI is InChI=1S/C10H20N2O4/c1-3-4-5-6-11-10(15)12-8(7-13)9(14)16-2/h8,13H,3-7H2,1-2H3,(H2,11,12,15)/t8-/m0/s1. The first-order chi connectivity index (χ1) is 7.65. The number of aliphatic hydroxyl groups is 1. The molecule has 6 heteroatoms. The first-order valence-corrected chi connectivity index (χ1v) is 5.38. The van der Waals surface area contributed by atoms with Crippen LogP contribution in [0.15, 0.2) is 0 Å². The largest absolute Gasteiger partial charge is 0.467 e. The molecule has 0 saturated heterocycles. The molecule has 0 heterocycles. The quantitative estimate of drug-likeness (QED) is 0.426. The molecule has 94 valence electrons. The first-order valence-electron chi connectivity index (χ1n) is 5.38. The van der Waals surface area contributed by atoms with Crippen molar-refractivity contribution in [1.29, 1.82) is 0 Å². The summed E-state index contributed by atoms with van der Waals surface area (Å²) in [7, 11) is 1.20. The minimum atomic E-state index is -1.00. The lowest BCUT2D eigenvalue weighted by Crippen LogP contribution is -2.48. The molecule has 0 radical (unpaired) electrons. The number of methoxy groups -OCH3 is 1. The van der Waals surface area contributed by atoms with Crippen molar-refractivity contribution in [2.45, 2.75) is 32.2 Å². The fourth-order valence-electron chi connectivity index (χ4n) is 1.11. The highest BCUT2D eigenvalue weighted by atomic mass is 16.5. The number of aliphatic hydroxyl groups excluding tert-OH is 1. The highest BCUT2D eigenvalue weighted by Gasteiger charge is 2.19. The van der Waals surface area contributed by atoms with Crippen molar-refractivity contribution in [2.75, 3.05) is 20.3 Å². The van der Waals surface area contributed by atoms with E-state index in [2.05, 4.69) is 22.3 Å². The Morgan fingerprint density at radius 1 is 1.38 bits per heavy atom. The molecule has 1 atom stereocenters. The summed E-state index contributed by atoms with van der Waals surface area (Å²) in [5.74, 6) is -0.661. The molecule has 0 aromatic heterocycles. The number of esters is 1. The Morgan fingerprint density at radius 2 is 2.06 bits per heavy atom.